The number of rotatable bonds is 2. The predicted octanol–water partition coefficient (Wildman–Crippen LogP) is 3.94. The van der Waals surface area contributed by atoms with Crippen LogP contribution in [0.1, 0.15) is 0 Å². The molecule has 2 aromatic carbocycles. The summed E-state index contributed by atoms with van der Waals surface area (Å²) in [6.07, 6.45) is 0. The lowest BCUT2D eigenvalue weighted by Gasteiger charge is -2.04. The van der Waals surface area contributed by atoms with Crippen molar-refractivity contribution in [2.24, 2.45) is 0 Å². The van der Waals surface area contributed by atoms with Crippen molar-refractivity contribution in [3.63, 3.8) is 0 Å². The first-order valence-electron chi connectivity index (χ1n) is 4.76. The van der Waals surface area contributed by atoms with E-state index in [1.807, 2.05) is 0 Å². The number of sulfone groups is 1. The standard InChI is InChI=1S/C12H8BrClO2S/c13-9-1-5-11(6-2-9)17(15,16)12-7-3-10(14)4-8-12/h1-8H. The van der Waals surface area contributed by atoms with Crippen molar-refractivity contribution in [3.8, 4) is 0 Å². The quantitative estimate of drug-likeness (QED) is 0.835. The Bertz CT molecular complexity index is 567. The van der Waals surface area contributed by atoms with E-state index < -0.39 is 9.84 Å². The summed E-state index contributed by atoms with van der Waals surface area (Å²) in [7, 11) is -3.45. The van der Waals surface area contributed by atoms with Gasteiger partial charge in [-0.1, -0.05) is 27.5 Å². The molecule has 0 spiro atoms. The molecule has 2 rings (SSSR count). The van der Waals surface area contributed by atoms with Crippen molar-refractivity contribution >= 4 is 37.4 Å². The molecule has 88 valence electrons. The van der Waals surface area contributed by atoms with Crippen LogP contribution in [0.3, 0.4) is 0 Å². The molecule has 0 atom stereocenters. The number of halogens is 2. The summed E-state index contributed by atoms with van der Waals surface area (Å²) in [4.78, 5) is 0.507. The monoisotopic (exact) mass is 330 g/mol. The first-order valence-corrected chi connectivity index (χ1v) is 7.42. The van der Waals surface area contributed by atoms with E-state index in [2.05, 4.69) is 15.9 Å². The fraction of sp³-hybridized carbons (Fsp3) is 0. The van der Waals surface area contributed by atoms with Gasteiger partial charge in [-0.2, -0.15) is 0 Å². The van der Waals surface area contributed by atoms with Crippen LogP contribution in [-0.4, -0.2) is 8.42 Å². The van der Waals surface area contributed by atoms with E-state index >= 15 is 0 Å². The zero-order chi connectivity index (χ0) is 12.5. The van der Waals surface area contributed by atoms with Gasteiger partial charge in [-0.05, 0) is 48.5 Å². The van der Waals surface area contributed by atoms with Gasteiger partial charge >= 0.3 is 0 Å². The molecule has 0 aliphatic carbocycles. The molecule has 2 aromatic rings. The van der Waals surface area contributed by atoms with E-state index in [0.717, 1.165) is 4.47 Å². The summed E-state index contributed by atoms with van der Waals surface area (Å²) in [5, 5.41) is 0.514. The summed E-state index contributed by atoms with van der Waals surface area (Å²) in [6.45, 7) is 0. The molecule has 2 nitrogen and oxygen atoms in total. The number of hydrogen-bond donors (Lipinski definition) is 0. The van der Waals surface area contributed by atoms with E-state index in [1.54, 1.807) is 36.4 Å². The molecule has 0 saturated heterocycles. The second kappa shape index (κ2) is 4.80. The lowest BCUT2D eigenvalue weighted by Crippen LogP contribution is -2.01. The van der Waals surface area contributed by atoms with Crippen molar-refractivity contribution in [1.29, 1.82) is 0 Å². The molecule has 0 aliphatic rings. The SMILES string of the molecule is O=S(=O)(c1ccc(Cl)cc1)c1ccc(Br)cc1. The maximum Gasteiger partial charge on any atom is 0.206 e. The van der Waals surface area contributed by atoms with Gasteiger partial charge in [0.15, 0.2) is 0 Å². The van der Waals surface area contributed by atoms with Gasteiger partial charge in [-0.15, -0.1) is 0 Å². The van der Waals surface area contributed by atoms with Crippen molar-refractivity contribution in [3.05, 3.63) is 58.0 Å². The molecule has 0 aromatic heterocycles. The highest BCUT2D eigenvalue weighted by Crippen LogP contribution is 2.23. The van der Waals surface area contributed by atoms with Crippen molar-refractivity contribution < 1.29 is 8.42 Å². The minimum absolute atomic E-state index is 0.240. The molecule has 0 unspecified atom stereocenters. The number of hydrogen-bond acceptors (Lipinski definition) is 2. The molecular formula is C12H8BrClO2S. The Hall–Kier alpha value is -0.840. The summed E-state index contributed by atoms with van der Waals surface area (Å²) in [5.74, 6) is 0. The van der Waals surface area contributed by atoms with Crippen LogP contribution in [0.2, 0.25) is 5.02 Å². The van der Waals surface area contributed by atoms with Crippen molar-refractivity contribution in [2.45, 2.75) is 9.79 Å². The third-order valence-corrected chi connectivity index (χ3v) is 4.81. The van der Waals surface area contributed by atoms with Crippen molar-refractivity contribution in [2.75, 3.05) is 0 Å². The van der Waals surface area contributed by atoms with E-state index in [1.165, 1.54) is 12.1 Å². The van der Waals surface area contributed by atoms with Gasteiger partial charge in [0, 0.05) is 9.50 Å². The molecule has 5 heteroatoms. The Kier molecular flexibility index (Phi) is 3.56. The molecule has 0 heterocycles. The molecule has 0 fully saturated rings. The van der Waals surface area contributed by atoms with E-state index in [9.17, 15) is 8.42 Å². The van der Waals surface area contributed by atoms with Gasteiger partial charge in [-0.25, -0.2) is 8.42 Å². The Balaban J connectivity index is 2.50. The number of benzene rings is 2. The van der Waals surface area contributed by atoms with Gasteiger partial charge in [0.25, 0.3) is 0 Å². The lowest BCUT2D eigenvalue weighted by atomic mass is 10.4. The van der Waals surface area contributed by atoms with Crippen LogP contribution in [0.4, 0.5) is 0 Å². The smallest absolute Gasteiger partial charge is 0.206 e. The topological polar surface area (TPSA) is 34.1 Å². The maximum absolute atomic E-state index is 12.2. The first kappa shape index (κ1) is 12.6. The van der Waals surface area contributed by atoms with Crippen LogP contribution in [0.25, 0.3) is 0 Å². The van der Waals surface area contributed by atoms with Crippen LogP contribution >= 0.6 is 27.5 Å². The van der Waals surface area contributed by atoms with Crippen LogP contribution in [0.15, 0.2) is 62.8 Å². The average Bonchev–Trinajstić information content (AvgIpc) is 2.30. The summed E-state index contributed by atoms with van der Waals surface area (Å²) in [6, 6.07) is 12.6. The molecule has 0 radical (unpaired) electrons. The third kappa shape index (κ3) is 2.70. The molecule has 0 amide bonds. The lowest BCUT2D eigenvalue weighted by molar-refractivity contribution is 0.596. The van der Waals surface area contributed by atoms with Crippen molar-refractivity contribution in [1.82, 2.24) is 0 Å². The maximum atomic E-state index is 12.2. The van der Waals surface area contributed by atoms with Crippen LogP contribution < -0.4 is 0 Å². The summed E-state index contributed by atoms with van der Waals surface area (Å²) >= 11 is 8.99. The molecule has 0 saturated carbocycles. The van der Waals surface area contributed by atoms with E-state index in [4.69, 9.17) is 11.6 Å². The van der Waals surface area contributed by atoms with E-state index in [0.29, 0.717) is 5.02 Å². The molecular weight excluding hydrogens is 324 g/mol. The predicted molar refractivity (Wildman–Crippen MR) is 71.0 cm³/mol. The molecule has 0 bridgehead atoms. The zero-order valence-electron chi connectivity index (χ0n) is 8.60. The average molecular weight is 332 g/mol. The van der Waals surface area contributed by atoms with Crippen LogP contribution in [0, 0.1) is 0 Å². The zero-order valence-corrected chi connectivity index (χ0v) is 11.8. The summed E-state index contributed by atoms with van der Waals surface area (Å²) in [5.41, 5.74) is 0. The van der Waals surface area contributed by atoms with Gasteiger partial charge < -0.3 is 0 Å². The Labute approximate surface area is 113 Å². The molecule has 17 heavy (non-hydrogen) atoms. The Morgan fingerprint density at radius 2 is 1.24 bits per heavy atom. The highest BCUT2D eigenvalue weighted by Gasteiger charge is 2.16. The fourth-order valence-corrected chi connectivity index (χ4v) is 3.01. The fourth-order valence-electron chi connectivity index (χ4n) is 1.36. The van der Waals surface area contributed by atoms with Crippen LogP contribution in [-0.2, 0) is 9.84 Å². The second-order valence-corrected chi connectivity index (χ2v) is 6.71. The van der Waals surface area contributed by atoms with Gasteiger partial charge in [0.1, 0.15) is 0 Å². The minimum atomic E-state index is -3.45. The van der Waals surface area contributed by atoms with E-state index in [-0.39, 0.29) is 9.79 Å². The van der Waals surface area contributed by atoms with Gasteiger partial charge in [0.05, 0.1) is 9.79 Å². The van der Waals surface area contributed by atoms with Crippen LogP contribution in [0.5, 0.6) is 0 Å². The molecule has 0 aliphatic heterocycles. The normalized spacial score (nSPS) is 11.4. The Morgan fingerprint density at radius 1 is 0.824 bits per heavy atom. The highest BCUT2D eigenvalue weighted by molar-refractivity contribution is 9.10. The molecule has 0 N–H and O–H groups in total. The Morgan fingerprint density at radius 3 is 1.71 bits per heavy atom. The van der Waals surface area contributed by atoms with Gasteiger partial charge in [0.2, 0.25) is 9.84 Å². The highest BCUT2D eigenvalue weighted by atomic mass is 79.9. The third-order valence-electron chi connectivity index (χ3n) is 2.25. The minimum Gasteiger partial charge on any atom is -0.219 e. The second-order valence-electron chi connectivity index (χ2n) is 3.41. The van der Waals surface area contributed by atoms with Gasteiger partial charge in [-0.3, -0.25) is 0 Å². The first-order chi connectivity index (χ1) is 8.00. The summed E-state index contributed by atoms with van der Waals surface area (Å²) < 4.78 is 25.2. The largest absolute Gasteiger partial charge is 0.219 e.